The predicted octanol–water partition coefficient (Wildman–Crippen LogP) is 2.83. The summed E-state index contributed by atoms with van der Waals surface area (Å²) in [6, 6.07) is 10.8. The number of benzene rings is 1. The van der Waals surface area contributed by atoms with E-state index in [9.17, 15) is 0 Å². The zero-order valence-corrected chi connectivity index (χ0v) is 9.60. The molecule has 1 heterocycles. The van der Waals surface area contributed by atoms with Crippen LogP contribution in [0, 0.1) is 5.92 Å². The van der Waals surface area contributed by atoms with Crippen molar-refractivity contribution in [2.24, 2.45) is 5.92 Å². The van der Waals surface area contributed by atoms with Gasteiger partial charge in [0.2, 0.25) is 0 Å². The second-order valence-electron chi connectivity index (χ2n) is 4.03. The molecule has 1 fully saturated rings. The maximum Gasteiger partial charge on any atom is 0.0925 e. The van der Waals surface area contributed by atoms with E-state index in [0.29, 0.717) is 5.92 Å². The first kappa shape index (κ1) is 10.1. The molecule has 1 nitrogen and oxygen atoms in total. The van der Waals surface area contributed by atoms with Crippen molar-refractivity contribution in [3.8, 4) is 0 Å². The summed E-state index contributed by atoms with van der Waals surface area (Å²) >= 11 is 2.04. The number of hydrogen-bond acceptors (Lipinski definition) is 2. The van der Waals surface area contributed by atoms with Gasteiger partial charge < -0.3 is 0 Å². The van der Waals surface area contributed by atoms with Crippen LogP contribution in [0.25, 0.3) is 0 Å². The van der Waals surface area contributed by atoms with Crippen molar-refractivity contribution >= 4 is 11.8 Å². The van der Waals surface area contributed by atoms with Crippen LogP contribution in [0.3, 0.4) is 0 Å². The van der Waals surface area contributed by atoms with Gasteiger partial charge in [0.25, 0.3) is 0 Å². The molecule has 1 unspecified atom stereocenters. The fraction of sp³-hybridized carbons (Fsp3) is 0.500. The smallest absolute Gasteiger partial charge is 0.0925 e. The molecule has 1 saturated heterocycles. The third-order valence-electron chi connectivity index (χ3n) is 2.84. The van der Waals surface area contributed by atoms with E-state index in [1.807, 2.05) is 11.8 Å². The van der Waals surface area contributed by atoms with Crippen molar-refractivity contribution in [3.63, 3.8) is 0 Å². The van der Waals surface area contributed by atoms with E-state index in [0.717, 1.165) is 6.54 Å². The number of hydrogen-bond donors (Lipinski definition) is 1. The van der Waals surface area contributed by atoms with Crippen LogP contribution in [0.2, 0.25) is 0 Å². The van der Waals surface area contributed by atoms with Gasteiger partial charge in [0.15, 0.2) is 0 Å². The summed E-state index contributed by atoms with van der Waals surface area (Å²) in [7, 11) is 0. The highest BCUT2D eigenvalue weighted by Gasteiger charge is 2.38. The molecular formula is C12H17NS. The molecule has 0 amide bonds. The van der Waals surface area contributed by atoms with Gasteiger partial charge in [0.05, 0.1) is 4.87 Å². The molecule has 14 heavy (non-hydrogen) atoms. The van der Waals surface area contributed by atoms with Gasteiger partial charge in [0.1, 0.15) is 0 Å². The number of thioether (sulfide) groups is 1. The molecule has 1 N–H and O–H groups in total. The Morgan fingerprint density at radius 1 is 1.29 bits per heavy atom. The number of nitrogens with one attached hydrogen (secondary N) is 1. The zero-order valence-electron chi connectivity index (χ0n) is 8.79. The van der Waals surface area contributed by atoms with E-state index in [1.54, 1.807) is 0 Å². The Hall–Kier alpha value is -0.470. The van der Waals surface area contributed by atoms with Gasteiger partial charge in [-0.1, -0.05) is 44.2 Å². The Morgan fingerprint density at radius 3 is 2.50 bits per heavy atom. The Labute approximate surface area is 90.3 Å². The van der Waals surface area contributed by atoms with Crippen LogP contribution in [-0.2, 0) is 4.87 Å². The maximum absolute atomic E-state index is 3.65. The predicted molar refractivity (Wildman–Crippen MR) is 63.4 cm³/mol. The molecule has 1 atom stereocenters. The summed E-state index contributed by atoms with van der Waals surface area (Å²) in [6.45, 7) is 5.70. The molecule has 1 aliphatic rings. The van der Waals surface area contributed by atoms with Crippen molar-refractivity contribution in [2.75, 3.05) is 12.3 Å². The van der Waals surface area contributed by atoms with Gasteiger partial charge >= 0.3 is 0 Å². The lowest BCUT2D eigenvalue weighted by Gasteiger charge is -2.33. The fourth-order valence-corrected chi connectivity index (χ4v) is 3.44. The summed E-state index contributed by atoms with van der Waals surface area (Å²) < 4.78 is 0. The SMILES string of the molecule is CC(C)C1(c2ccccc2)NCCS1. The van der Waals surface area contributed by atoms with Crippen molar-refractivity contribution < 1.29 is 0 Å². The Balaban J connectivity index is 2.36. The van der Waals surface area contributed by atoms with Crippen LogP contribution in [0.1, 0.15) is 19.4 Å². The van der Waals surface area contributed by atoms with Crippen molar-refractivity contribution in [1.82, 2.24) is 5.32 Å². The van der Waals surface area contributed by atoms with E-state index in [1.165, 1.54) is 11.3 Å². The second kappa shape index (κ2) is 3.95. The summed E-state index contributed by atoms with van der Waals surface area (Å²) in [4.78, 5) is 0.154. The minimum absolute atomic E-state index is 0.154. The average Bonchev–Trinajstić information content (AvgIpc) is 2.69. The van der Waals surface area contributed by atoms with Gasteiger partial charge in [-0.25, -0.2) is 0 Å². The first-order chi connectivity index (χ1) is 6.76. The average molecular weight is 207 g/mol. The van der Waals surface area contributed by atoms with Crippen molar-refractivity contribution in [3.05, 3.63) is 35.9 Å². The van der Waals surface area contributed by atoms with Crippen LogP contribution in [0.4, 0.5) is 0 Å². The van der Waals surface area contributed by atoms with Crippen molar-refractivity contribution in [1.29, 1.82) is 0 Å². The zero-order chi connectivity index (χ0) is 10.0. The molecule has 76 valence electrons. The fourth-order valence-electron chi connectivity index (χ4n) is 2.08. The topological polar surface area (TPSA) is 12.0 Å². The molecule has 2 heteroatoms. The molecule has 0 aromatic heterocycles. The Kier molecular flexibility index (Phi) is 2.84. The normalized spacial score (nSPS) is 27.1. The molecule has 2 rings (SSSR count). The first-order valence-corrected chi connectivity index (χ1v) is 6.19. The second-order valence-corrected chi connectivity index (χ2v) is 5.37. The third-order valence-corrected chi connectivity index (χ3v) is 4.55. The van der Waals surface area contributed by atoms with Gasteiger partial charge in [-0.2, -0.15) is 0 Å². The van der Waals surface area contributed by atoms with Gasteiger partial charge in [-0.05, 0) is 11.5 Å². The molecule has 0 bridgehead atoms. The molecule has 1 aliphatic heterocycles. The lowest BCUT2D eigenvalue weighted by Crippen LogP contribution is -2.39. The molecule has 0 radical (unpaired) electrons. The molecule has 0 spiro atoms. The van der Waals surface area contributed by atoms with Gasteiger partial charge in [0, 0.05) is 12.3 Å². The Morgan fingerprint density at radius 2 is 2.00 bits per heavy atom. The first-order valence-electron chi connectivity index (χ1n) is 5.20. The van der Waals surface area contributed by atoms with E-state index < -0.39 is 0 Å². The highest BCUT2D eigenvalue weighted by atomic mass is 32.2. The van der Waals surface area contributed by atoms with E-state index >= 15 is 0 Å². The summed E-state index contributed by atoms with van der Waals surface area (Å²) in [5, 5.41) is 3.65. The quantitative estimate of drug-likeness (QED) is 0.800. The molecule has 1 aromatic rings. The highest BCUT2D eigenvalue weighted by Crippen LogP contribution is 2.43. The van der Waals surface area contributed by atoms with E-state index in [4.69, 9.17) is 0 Å². The van der Waals surface area contributed by atoms with Crippen LogP contribution in [-0.4, -0.2) is 12.3 Å². The molecular weight excluding hydrogens is 190 g/mol. The minimum atomic E-state index is 0.154. The van der Waals surface area contributed by atoms with Crippen molar-refractivity contribution in [2.45, 2.75) is 18.7 Å². The minimum Gasteiger partial charge on any atom is -0.298 e. The van der Waals surface area contributed by atoms with Crippen LogP contribution >= 0.6 is 11.8 Å². The molecule has 0 aliphatic carbocycles. The van der Waals surface area contributed by atoms with Crippen LogP contribution < -0.4 is 5.32 Å². The van der Waals surface area contributed by atoms with E-state index in [-0.39, 0.29) is 4.87 Å². The largest absolute Gasteiger partial charge is 0.298 e. The highest BCUT2D eigenvalue weighted by molar-refractivity contribution is 8.00. The third kappa shape index (κ3) is 1.57. The molecule has 1 aromatic carbocycles. The summed E-state index contributed by atoms with van der Waals surface area (Å²) in [5.41, 5.74) is 1.41. The summed E-state index contributed by atoms with van der Waals surface area (Å²) in [5.74, 6) is 1.84. The monoisotopic (exact) mass is 207 g/mol. The Bertz CT molecular complexity index is 288. The number of rotatable bonds is 2. The van der Waals surface area contributed by atoms with Crippen LogP contribution in [0.5, 0.6) is 0 Å². The standard InChI is InChI=1S/C12H17NS/c1-10(2)12(13-8-9-14-12)11-6-4-3-5-7-11/h3-7,10,13H,8-9H2,1-2H3. The maximum atomic E-state index is 3.65. The lowest BCUT2D eigenvalue weighted by molar-refractivity contribution is 0.391. The molecule has 0 saturated carbocycles. The van der Waals surface area contributed by atoms with Gasteiger partial charge in [-0.15, -0.1) is 11.8 Å². The van der Waals surface area contributed by atoms with Gasteiger partial charge in [-0.3, -0.25) is 5.32 Å². The summed E-state index contributed by atoms with van der Waals surface area (Å²) in [6.07, 6.45) is 0. The van der Waals surface area contributed by atoms with E-state index in [2.05, 4.69) is 49.5 Å². The lowest BCUT2D eigenvalue weighted by atomic mass is 9.95. The van der Waals surface area contributed by atoms with Crippen LogP contribution in [0.15, 0.2) is 30.3 Å².